The molecular formula is C18H25ClN2O2. The summed E-state index contributed by atoms with van der Waals surface area (Å²) in [6.45, 7) is 4.61. The lowest BCUT2D eigenvalue weighted by atomic mass is 10.0. The molecule has 2 aromatic rings. The maximum absolute atomic E-state index is 12.0. The number of carbonyl (C=O) groups is 1. The van der Waals surface area contributed by atoms with E-state index in [0.717, 1.165) is 48.9 Å². The number of rotatable bonds is 7. The van der Waals surface area contributed by atoms with E-state index in [1.54, 1.807) is 6.26 Å². The van der Waals surface area contributed by atoms with Crippen molar-refractivity contribution in [2.45, 2.75) is 39.0 Å². The smallest absolute Gasteiger partial charge is 0.224 e. The van der Waals surface area contributed by atoms with E-state index < -0.39 is 0 Å². The van der Waals surface area contributed by atoms with Gasteiger partial charge in [-0.3, -0.25) is 4.79 Å². The Morgan fingerprint density at radius 2 is 1.96 bits per heavy atom. The fraction of sp³-hybridized carbons (Fsp3) is 0.500. The van der Waals surface area contributed by atoms with Crippen LogP contribution in [0.1, 0.15) is 36.5 Å². The van der Waals surface area contributed by atoms with Crippen molar-refractivity contribution < 1.29 is 9.21 Å². The lowest BCUT2D eigenvalue weighted by Gasteiger charge is -2.06. The lowest BCUT2D eigenvalue weighted by molar-refractivity contribution is -0.120. The number of nitrogens with one attached hydrogen (secondary N) is 2. The van der Waals surface area contributed by atoms with Crippen LogP contribution in [0.15, 0.2) is 22.8 Å². The fourth-order valence-electron chi connectivity index (χ4n) is 3.11. The molecule has 0 aliphatic heterocycles. The van der Waals surface area contributed by atoms with E-state index >= 15 is 0 Å². The molecule has 4 nitrogen and oxygen atoms in total. The van der Waals surface area contributed by atoms with Crippen molar-refractivity contribution in [1.29, 1.82) is 0 Å². The number of hydrogen-bond donors (Lipinski definition) is 2. The maximum atomic E-state index is 12.0. The molecule has 1 heterocycles. The molecule has 1 aromatic heterocycles. The second kappa shape index (κ2) is 8.37. The van der Waals surface area contributed by atoms with E-state index in [9.17, 15) is 4.79 Å². The number of hydrogen-bond acceptors (Lipinski definition) is 3. The summed E-state index contributed by atoms with van der Waals surface area (Å²) in [6.07, 6.45) is 6.74. The summed E-state index contributed by atoms with van der Waals surface area (Å²) in [5.74, 6) is 0.0569. The second-order valence-electron chi connectivity index (χ2n) is 6.01. The predicted octanol–water partition coefficient (Wildman–Crippen LogP) is 3.00. The Bertz CT molecular complexity index is 666. The molecule has 1 amide bonds. The van der Waals surface area contributed by atoms with Gasteiger partial charge in [-0.25, -0.2) is 0 Å². The van der Waals surface area contributed by atoms with Crippen LogP contribution in [0.3, 0.4) is 0 Å². The summed E-state index contributed by atoms with van der Waals surface area (Å²) in [5, 5.41) is 7.32. The van der Waals surface area contributed by atoms with Gasteiger partial charge >= 0.3 is 0 Å². The van der Waals surface area contributed by atoms with Gasteiger partial charge in [0, 0.05) is 24.0 Å². The molecule has 0 saturated heterocycles. The van der Waals surface area contributed by atoms with Gasteiger partial charge in [-0.05, 0) is 55.5 Å². The maximum Gasteiger partial charge on any atom is 0.224 e. The van der Waals surface area contributed by atoms with E-state index in [0.29, 0.717) is 13.0 Å². The van der Waals surface area contributed by atoms with Crippen LogP contribution in [0.2, 0.25) is 0 Å². The number of halogens is 1. The largest absolute Gasteiger partial charge is 0.464 e. The number of aryl methyl sites for hydroxylation is 2. The average Bonchev–Trinajstić information content (AvgIpc) is 3.12. The van der Waals surface area contributed by atoms with Crippen molar-refractivity contribution in [3.05, 3.63) is 35.1 Å². The van der Waals surface area contributed by atoms with Gasteiger partial charge in [-0.2, -0.15) is 0 Å². The second-order valence-corrected chi connectivity index (χ2v) is 6.01. The Hall–Kier alpha value is -1.52. The Morgan fingerprint density at radius 1 is 1.17 bits per heavy atom. The van der Waals surface area contributed by atoms with Crippen LogP contribution in [-0.4, -0.2) is 25.5 Å². The van der Waals surface area contributed by atoms with E-state index in [4.69, 9.17) is 4.42 Å². The van der Waals surface area contributed by atoms with Crippen LogP contribution in [0.25, 0.3) is 11.0 Å². The molecule has 126 valence electrons. The van der Waals surface area contributed by atoms with Crippen LogP contribution < -0.4 is 10.6 Å². The van der Waals surface area contributed by atoms with Gasteiger partial charge in [0.15, 0.2) is 0 Å². The van der Waals surface area contributed by atoms with E-state index in [1.807, 2.05) is 0 Å². The third kappa shape index (κ3) is 4.27. The van der Waals surface area contributed by atoms with Gasteiger partial charge in [0.25, 0.3) is 0 Å². The lowest BCUT2D eigenvalue weighted by Crippen LogP contribution is -2.32. The minimum atomic E-state index is 0. The molecule has 1 aliphatic carbocycles. The molecule has 5 heteroatoms. The molecule has 1 aromatic carbocycles. The molecule has 0 unspecified atom stereocenters. The minimum absolute atomic E-state index is 0. The predicted molar refractivity (Wildman–Crippen MR) is 95.4 cm³/mol. The van der Waals surface area contributed by atoms with Gasteiger partial charge in [-0.1, -0.05) is 6.92 Å². The highest BCUT2D eigenvalue weighted by Crippen LogP contribution is 2.30. The Labute approximate surface area is 143 Å². The zero-order valence-electron chi connectivity index (χ0n) is 13.6. The van der Waals surface area contributed by atoms with Gasteiger partial charge < -0.3 is 15.1 Å². The van der Waals surface area contributed by atoms with Crippen LogP contribution in [-0.2, 0) is 24.1 Å². The monoisotopic (exact) mass is 336 g/mol. The third-order valence-electron chi connectivity index (χ3n) is 4.27. The van der Waals surface area contributed by atoms with Crippen LogP contribution >= 0.6 is 12.4 Å². The number of amides is 1. The van der Waals surface area contributed by atoms with Gasteiger partial charge in [-0.15, -0.1) is 12.4 Å². The first-order valence-electron chi connectivity index (χ1n) is 8.27. The highest BCUT2D eigenvalue weighted by atomic mass is 35.5. The van der Waals surface area contributed by atoms with Crippen LogP contribution in [0, 0.1) is 0 Å². The van der Waals surface area contributed by atoms with Crippen molar-refractivity contribution in [1.82, 2.24) is 10.6 Å². The first-order valence-corrected chi connectivity index (χ1v) is 8.27. The Morgan fingerprint density at radius 3 is 2.74 bits per heavy atom. The van der Waals surface area contributed by atoms with Crippen LogP contribution in [0.4, 0.5) is 0 Å². The highest BCUT2D eigenvalue weighted by Gasteiger charge is 2.16. The fourth-order valence-corrected chi connectivity index (χ4v) is 3.11. The average molecular weight is 337 g/mol. The molecule has 2 N–H and O–H groups in total. The SMILES string of the molecule is CCCNCCNC(=O)Cc1coc2cc3c(cc12)CCC3.Cl. The van der Waals surface area contributed by atoms with E-state index in [1.165, 1.54) is 17.5 Å². The number of carbonyl (C=O) groups excluding carboxylic acids is 1. The normalized spacial score (nSPS) is 12.9. The zero-order valence-corrected chi connectivity index (χ0v) is 14.4. The van der Waals surface area contributed by atoms with Gasteiger partial charge in [0.05, 0.1) is 12.7 Å². The number of furan rings is 1. The summed E-state index contributed by atoms with van der Waals surface area (Å²) in [5.41, 5.74) is 4.72. The summed E-state index contributed by atoms with van der Waals surface area (Å²) in [7, 11) is 0. The molecule has 3 rings (SSSR count). The highest BCUT2D eigenvalue weighted by molar-refractivity contribution is 5.88. The van der Waals surface area contributed by atoms with E-state index in [-0.39, 0.29) is 18.3 Å². The minimum Gasteiger partial charge on any atom is -0.464 e. The molecule has 0 radical (unpaired) electrons. The molecule has 0 atom stereocenters. The van der Waals surface area contributed by atoms with Crippen LogP contribution in [0.5, 0.6) is 0 Å². The molecular weight excluding hydrogens is 312 g/mol. The topological polar surface area (TPSA) is 54.3 Å². The van der Waals surface area contributed by atoms with Crippen molar-refractivity contribution in [3.8, 4) is 0 Å². The van der Waals surface area contributed by atoms with Crippen molar-refractivity contribution in [3.63, 3.8) is 0 Å². The first kappa shape index (κ1) is 17.8. The molecule has 0 fully saturated rings. The molecule has 23 heavy (non-hydrogen) atoms. The van der Waals surface area contributed by atoms with Crippen molar-refractivity contribution >= 4 is 29.3 Å². The first-order chi connectivity index (χ1) is 10.8. The molecule has 0 spiro atoms. The summed E-state index contributed by atoms with van der Waals surface area (Å²) in [4.78, 5) is 12.0. The molecule has 0 saturated carbocycles. The van der Waals surface area contributed by atoms with Gasteiger partial charge in [0.2, 0.25) is 5.91 Å². The molecule has 0 bridgehead atoms. The quantitative estimate of drug-likeness (QED) is 0.764. The number of fused-ring (bicyclic) bond motifs is 2. The summed E-state index contributed by atoms with van der Waals surface area (Å²) in [6, 6.07) is 4.36. The third-order valence-corrected chi connectivity index (χ3v) is 4.27. The summed E-state index contributed by atoms with van der Waals surface area (Å²) < 4.78 is 5.64. The summed E-state index contributed by atoms with van der Waals surface area (Å²) >= 11 is 0. The van der Waals surface area contributed by atoms with Crippen molar-refractivity contribution in [2.24, 2.45) is 0 Å². The molecule has 1 aliphatic rings. The van der Waals surface area contributed by atoms with Gasteiger partial charge in [0.1, 0.15) is 5.58 Å². The van der Waals surface area contributed by atoms with E-state index in [2.05, 4.69) is 29.7 Å². The standard InChI is InChI=1S/C18H24N2O2.ClH/c1-2-6-19-7-8-20-18(21)11-15-12-22-17-10-14-5-3-4-13(14)9-16(15)17;/h9-10,12,19H,2-8,11H2,1H3,(H,20,21);1H. The van der Waals surface area contributed by atoms with Crippen molar-refractivity contribution in [2.75, 3.05) is 19.6 Å². The zero-order chi connectivity index (χ0) is 15.4. The Kier molecular flexibility index (Phi) is 6.48. The number of benzene rings is 1. The Balaban J connectivity index is 0.00000192.